The predicted octanol–water partition coefficient (Wildman–Crippen LogP) is 1.74. The molecule has 0 saturated carbocycles. The number of pyridine rings is 1. The number of nitrogens with one attached hydrogen (secondary N) is 1. The Morgan fingerprint density at radius 3 is 2.73 bits per heavy atom. The lowest BCUT2D eigenvalue weighted by Gasteiger charge is -1.95. The quantitative estimate of drug-likeness (QED) is 0.890. The van der Waals surface area contributed by atoms with Gasteiger partial charge in [0, 0.05) is 24.4 Å². The molecule has 0 aliphatic rings. The van der Waals surface area contributed by atoms with Gasteiger partial charge in [0.05, 0.1) is 0 Å². The molecule has 0 bridgehead atoms. The molecule has 5 heteroatoms. The first-order valence-electron chi connectivity index (χ1n) is 4.66. The van der Waals surface area contributed by atoms with Crippen LogP contribution in [0.4, 0.5) is 0 Å². The summed E-state index contributed by atoms with van der Waals surface area (Å²) in [5.41, 5.74) is 7.42. The average Bonchev–Trinajstić information content (AvgIpc) is 2.61. The molecule has 0 amide bonds. The number of nitrogens with zero attached hydrogens (tertiary/aromatic N) is 2. The van der Waals surface area contributed by atoms with Crippen molar-refractivity contribution in [3.63, 3.8) is 0 Å². The molecule has 0 saturated heterocycles. The standard InChI is InChI=1S/C10H11BrN4/c11-10-9(7-2-5-13-6-3-7)14-8(15-10)1-4-12/h2-3,5-6H,1,4,12H2,(H,14,15). The Balaban J connectivity index is 2.36. The first-order chi connectivity index (χ1) is 7.31. The maximum Gasteiger partial charge on any atom is 0.110 e. The largest absolute Gasteiger partial charge is 0.336 e. The van der Waals surface area contributed by atoms with Crippen LogP contribution in [-0.4, -0.2) is 21.5 Å². The van der Waals surface area contributed by atoms with E-state index in [9.17, 15) is 0 Å². The Kier molecular flexibility index (Phi) is 3.13. The number of H-pyrrole nitrogens is 1. The molecule has 2 aromatic heterocycles. The second-order valence-corrected chi connectivity index (χ2v) is 3.91. The number of hydrogen-bond donors (Lipinski definition) is 2. The maximum absolute atomic E-state index is 5.47. The van der Waals surface area contributed by atoms with E-state index in [4.69, 9.17) is 5.73 Å². The maximum atomic E-state index is 5.47. The third-order valence-electron chi connectivity index (χ3n) is 2.04. The van der Waals surface area contributed by atoms with Crippen LogP contribution in [0.2, 0.25) is 0 Å². The van der Waals surface area contributed by atoms with Gasteiger partial charge in [-0.2, -0.15) is 0 Å². The highest BCUT2D eigenvalue weighted by Crippen LogP contribution is 2.25. The number of nitrogens with two attached hydrogens (primary N) is 1. The van der Waals surface area contributed by atoms with Gasteiger partial charge in [0.2, 0.25) is 0 Å². The van der Waals surface area contributed by atoms with Crippen molar-refractivity contribution in [2.24, 2.45) is 5.73 Å². The fourth-order valence-corrected chi connectivity index (χ4v) is 1.90. The van der Waals surface area contributed by atoms with Gasteiger partial charge in [-0.05, 0) is 34.6 Å². The fourth-order valence-electron chi connectivity index (χ4n) is 1.35. The molecule has 2 heterocycles. The SMILES string of the molecule is NCCc1nc(-c2ccncc2)c(Br)[nH]1. The lowest BCUT2D eigenvalue weighted by Crippen LogP contribution is -2.03. The smallest absolute Gasteiger partial charge is 0.110 e. The fraction of sp³-hybridized carbons (Fsp3) is 0.200. The van der Waals surface area contributed by atoms with Gasteiger partial charge < -0.3 is 10.7 Å². The van der Waals surface area contributed by atoms with Crippen molar-refractivity contribution < 1.29 is 0 Å². The molecule has 15 heavy (non-hydrogen) atoms. The average molecular weight is 267 g/mol. The minimum Gasteiger partial charge on any atom is -0.336 e. The number of rotatable bonds is 3. The summed E-state index contributed by atoms with van der Waals surface area (Å²) >= 11 is 3.44. The van der Waals surface area contributed by atoms with Gasteiger partial charge in [-0.1, -0.05) is 0 Å². The van der Waals surface area contributed by atoms with Gasteiger partial charge in [-0.15, -0.1) is 0 Å². The summed E-state index contributed by atoms with van der Waals surface area (Å²) in [5, 5.41) is 0. The Bertz CT molecular complexity index is 438. The van der Waals surface area contributed by atoms with Crippen LogP contribution in [0.3, 0.4) is 0 Å². The van der Waals surface area contributed by atoms with Crippen LogP contribution in [0.25, 0.3) is 11.3 Å². The normalized spacial score (nSPS) is 10.5. The Labute approximate surface area is 96.1 Å². The van der Waals surface area contributed by atoms with Crippen LogP contribution in [0.15, 0.2) is 29.1 Å². The van der Waals surface area contributed by atoms with Crippen LogP contribution >= 0.6 is 15.9 Å². The molecule has 0 fully saturated rings. The highest BCUT2D eigenvalue weighted by molar-refractivity contribution is 9.10. The predicted molar refractivity (Wildman–Crippen MR) is 62.3 cm³/mol. The summed E-state index contributed by atoms with van der Waals surface area (Å²) in [6, 6.07) is 3.85. The van der Waals surface area contributed by atoms with E-state index in [0.717, 1.165) is 28.1 Å². The zero-order valence-corrected chi connectivity index (χ0v) is 9.66. The van der Waals surface area contributed by atoms with Crippen LogP contribution in [-0.2, 0) is 6.42 Å². The van der Waals surface area contributed by atoms with E-state index >= 15 is 0 Å². The lowest BCUT2D eigenvalue weighted by atomic mass is 10.2. The molecule has 0 atom stereocenters. The summed E-state index contributed by atoms with van der Waals surface area (Å²) in [5.74, 6) is 0.899. The van der Waals surface area contributed by atoms with E-state index < -0.39 is 0 Å². The zero-order chi connectivity index (χ0) is 10.7. The Morgan fingerprint density at radius 1 is 1.33 bits per heavy atom. The van der Waals surface area contributed by atoms with Gasteiger partial charge in [-0.3, -0.25) is 4.98 Å². The van der Waals surface area contributed by atoms with Crippen molar-refractivity contribution in [1.29, 1.82) is 0 Å². The van der Waals surface area contributed by atoms with Crippen molar-refractivity contribution in [2.75, 3.05) is 6.54 Å². The zero-order valence-electron chi connectivity index (χ0n) is 8.07. The molecule has 0 radical (unpaired) electrons. The number of aromatic nitrogens is 3. The minimum atomic E-state index is 0.593. The van der Waals surface area contributed by atoms with Gasteiger partial charge >= 0.3 is 0 Å². The minimum absolute atomic E-state index is 0.593. The van der Waals surface area contributed by atoms with Gasteiger partial charge in [0.25, 0.3) is 0 Å². The van der Waals surface area contributed by atoms with Gasteiger partial charge in [0.1, 0.15) is 16.1 Å². The molecule has 2 aromatic rings. The first kappa shape index (κ1) is 10.3. The molecule has 0 aliphatic carbocycles. The first-order valence-corrected chi connectivity index (χ1v) is 5.45. The van der Waals surface area contributed by atoms with Crippen molar-refractivity contribution in [3.05, 3.63) is 35.0 Å². The number of aromatic amines is 1. The van der Waals surface area contributed by atoms with E-state index in [1.54, 1.807) is 12.4 Å². The summed E-state index contributed by atoms with van der Waals surface area (Å²) < 4.78 is 0.886. The van der Waals surface area contributed by atoms with Crippen molar-refractivity contribution in [3.8, 4) is 11.3 Å². The second kappa shape index (κ2) is 4.55. The molecule has 78 valence electrons. The Morgan fingerprint density at radius 2 is 2.07 bits per heavy atom. The lowest BCUT2D eigenvalue weighted by molar-refractivity contribution is 0.893. The van der Waals surface area contributed by atoms with Crippen LogP contribution in [0, 0.1) is 0 Å². The van der Waals surface area contributed by atoms with Gasteiger partial charge in [0.15, 0.2) is 0 Å². The second-order valence-electron chi connectivity index (χ2n) is 3.12. The summed E-state index contributed by atoms with van der Waals surface area (Å²) in [4.78, 5) is 11.6. The molecule has 0 aromatic carbocycles. The molecular weight excluding hydrogens is 256 g/mol. The van der Waals surface area contributed by atoms with E-state index in [2.05, 4.69) is 30.9 Å². The molecule has 0 unspecified atom stereocenters. The van der Waals surface area contributed by atoms with E-state index in [1.165, 1.54) is 0 Å². The summed E-state index contributed by atoms with van der Waals surface area (Å²) in [7, 11) is 0. The molecule has 0 spiro atoms. The number of halogens is 1. The van der Waals surface area contributed by atoms with Crippen LogP contribution in [0.5, 0.6) is 0 Å². The molecule has 3 N–H and O–H groups in total. The summed E-state index contributed by atoms with van der Waals surface area (Å²) in [6.07, 6.45) is 4.25. The van der Waals surface area contributed by atoms with E-state index in [0.29, 0.717) is 6.54 Å². The molecular formula is C10H11BrN4. The number of hydrogen-bond acceptors (Lipinski definition) is 3. The molecule has 4 nitrogen and oxygen atoms in total. The monoisotopic (exact) mass is 266 g/mol. The van der Waals surface area contributed by atoms with E-state index in [-0.39, 0.29) is 0 Å². The molecule has 0 aliphatic heterocycles. The molecule has 2 rings (SSSR count). The third kappa shape index (κ3) is 2.24. The third-order valence-corrected chi connectivity index (χ3v) is 2.62. The topological polar surface area (TPSA) is 67.6 Å². The van der Waals surface area contributed by atoms with Gasteiger partial charge in [-0.25, -0.2) is 4.98 Å². The number of imidazole rings is 1. The van der Waals surface area contributed by atoms with E-state index in [1.807, 2.05) is 12.1 Å². The van der Waals surface area contributed by atoms with Crippen molar-refractivity contribution in [2.45, 2.75) is 6.42 Å². The summed E-state index contributed by atoms with van der Waals surface area (Å²) in [6.45, 7) is 0.593. The van der Waals surface area contributed by atoms with Crippen molar-refractivity contribution >= 4 is 15.9 Å². The highest BCUT2D eigenvalue weighted by atomic mass is 79.9. The highest BCUT2D eigenvalue weighted by Gasteiger charge is 2.08. The van der Waals surface area contributed by atoms with Crippen LogP contribution < -0.4 is 5.73 Å². The Hall–Kier alpha value is -1.20. The van der Waals surface area contributed by atoms with Crippen LogP contribution in [0.1, 0.15) is 5.82 Å². The van der Waals surface area contributed by atoms with Crippen molar-refractivity contribution in [1.82, 2.24) is 15.0 Å².